The summed E-state index contributed by atoms with van der Waals surface area (Å²) in [7, 11) is 0. The predicted molar refractivity (Wildman–Crippen MR) is 106 cm³/mol. The summed E-state index contributed by atoms with van der Waals surface area (Å²) >= 11 is 0. The maximum Gasteiger partial charge on any atom is 0.338 e. The van der Waals surface area contributed by atoms with Crippen LogP contribution in [0.15, 0.2) is 48.5 Å². The molecule has 0 unspecified atom stereocenters. The summed E-state index contributed by atoms with van der Waals surface area (Å²) in [5.41, 5.74) is 1.71. The smallest absolute Gasteiger partial charge is 0.338 e. The summed E-state index contributed by atoms with van der Waals surface area (Å²) in [6, 6.07) is 13.4. The topological polar surface area (TPSA) is 81.7 Å². The molecule has 148 valence electrons. The first-order valence-corrected chi connectivity index (χ1v) is 9.05. The van der Waals surface area contributed by atoms with Gasteiger partial charge in [-0.15, -0.1) is 0 Å². The van der Waals surface area contributed by atoms with Gasteiger partial charge in [0.15, 0.2) is 6.61 Å². The van der Waals surface area contributed by atoms with Crippen molar-refractivity contribution in [2.24, 2.45) is 0 Å². The molecule has 0 aliphatic rings. The maximum absolute atomic E-state index is 12.1. The number of carbonyl (C=O) groups excluding carboxylic acids is 3. The summed E-state index contributed by atoms with van der Waals surface area (Å²) in [5, 5.41) is 2.21. The third-order valence-corrected chi connectivity index (χ3v) is 4.00. The number of hydrogen-bond acceptors (Lipinski definition) is 5. The molecule has 0 aliphatic carbocycles. The molecule has 2 amide bonds. The van der Waals surface area contributed by atoms with E-state index in [2.05, 4.69) is 26.1 Å². The molecule has 2 rings (SSSR count). The van der Waals surface area contributed by atoms with E-state index in [-0.39, 0.29) is 5.41 Å². The summed E-state index contributed by atoms with van der Waals surface area (Å²) in [6.07, 6.45) is 0. The summed E-state index contributed by atoms with van der Waals surface area (Å²) in [6.45, 7) is 8.06. The summed E-state index contributed by atoms with van der Waals surface area (Å²) < 4.78 is 10.2. The highest BCUT2D eigenvalue weighted by Crippen LogP contribution is 2.22. The van der Waals surface area contributed by atoms with Gasteiger partial charge in [-0.3, -0.25) is 14.9 Å². The molecule has 0 heterocycles. The first-order valence-electron chi connectivity index (χ1n) is 9.05. The minimum atomic E-state index is -0.691. The van der Waals surface area contributed by atoms with Crippen molar-refractivity contribution in [3.05, 3.63) is 65.2 Å². The van der Waals surface area contributed by atoms with Crippen LogP contribution in [0.5, 0.6) is 5.75 Å². The number of ether oxygens (including phenoxy) is 2. The molecule has 1 N–H and O–H groups in total. The number of amides is 2. The molecule has 0 atom stereocenters. The second-order valence-electron chi connectivity index (χ2n) is 7.24. The molecule has 2 aromatic carbocycles. The number of esters is 1. The van der Waals surface area contributed by atoms with Gasteiger partial charge < -0.3 is 9.47 Å². The number of rotatable bonds is 6. The Hall–Kier alpha value is -3.15. The van der Waals surface area contributed by atoms with Gasteiger partial charge in [-0.2, -0.15) is 0 Å². The van der Waals surface area contributed by atoms with E-state index in [1.165, 1.54) is 0 Å². The minimum absolute atomic E-state index is 0.0279. The minimum Gasteiger partial charge on any atom is -0.494 e. The van der Waals surface area contributed by atoms with Gasteiger partial charge in [-0.05, 0) is 54.3 Å². The second kappa shape index (κ2) is 9.17. The van der Waals surface area contributed by atoms with Gasteiger partial charge in [0, 0.05) is 5.56 Å². The van der Waals surface area contributed by atoms with Crippen LogP contribution in [0.2, 0.25) is 0 Å². The van der Waals surface area contributed by atoms with Crippen molar-refractivity contribution in [3.8, 4) is 5.75 Å². The predicted octanol–water partition coefficient (Wildman–Crippen LogP) is 3.50. The third kappa shape index (κ3) is 5.94. The lowest BCUT2D eigenvalue weighted by Crippen LogP contribution is -2.34. The molecule has 28 heavy (non-hydrogen) atoms. The number of imide groups is 1. The summed E-state index contributed by atoms with van der Waals surface area (Å²) in [5.74, 6) is -1.24. The number of hydrogen-bond donors (Lipinski definition) is 1. The molecule has 0 aliphatic heterocycles. The van der Waals surface area contributed by atoms with Crippen molar-refractivity contribution in [2.75, 3.05) is 13.2 Å². The molecule has 0 fully saturated rings. The van der Waals surface area contributed by atoms with E-state index >= 15 is 0 Å². The Morgan fingerprint density at radius 1 is 0.893 bits per heavy atom. The van der Waals surface area contributed by atoms with Crippen molar-refractivity contribution < 1.29 is 23.9 Å². The molecule has 2 aromatic rings. The van der Waals surface area contributed by atoms with E-state index in [4.69, 9.17) is 9.47 Å². The molecule has 0 aromatic heterocycles. The van der Waals surface area contributed by atoms with Crippen LogP contribution in [0.25, 0.3) is 0 Å². The third-order valence-electron chi connectivity index (χ3n) is 4.00. The van der Waals surface area contributed by atoms with Crippen LogP contribution in [0.4, 0.5) is 0 Å². The van der Waals surface area contributed by atoms with E-state index < -0.39 is 24.4 Å². The van der Waals surface area contributed by atoms with Crippen molar-refractivity contribution >= 4 is 17.8 Å². The van der Waals surface area contributed by atoms with Crippen LogP contribution in [-0.4, -0.2) is 31.0 Å². The highest BCUT2D eigenvalue weighted by Gasteiger charge is 2.16. The SMILES string of the molecule is CCOc1ccc(C(=O)OCC(=O)NC(=O)c2ccc(C(C)(C)C)cc2)cc1. The molecule has 6 nitrogen and oxygen atoms in total. The van der Waals surface area contributed by atoms with Crippen LogP contribution in [0.1, 0.15) is 54.0 Å². The molecular formula is C22H25NO5. The van der Waals surface area contributed by atoms with Gasteiger partial charge in [0.2, 0.25) is 0 Å². The Kier molecular flexibility index (Phi) is 6.93. The number of carbonyl (C=O) groups is 3. The molecule has 0 saturated carbocycles. The van der Waals surface area contributed by atoms with Crippen LogP contribution in [0.3, 0.4) is 0 Å². The van der Waals surface area contributed by atoms with Gasteiger partial charge in [-0.25, -0.2) is 4.79 Å². The molecule has 0 spiro atoms. The second-order valence-corrected chi connectivity index (χ2v) is 7.24. The quantitative estimate of drug-likeness (QED) is 0.772. The zero-order valence-corrected chi connectivity index (χ0v) is 16.6. The van der Waals surface area contributed by atoms with Gasteiger partial charge in [-0.1, -0.05) is 32.9 Å². The Morgan fingerprint density at radius 3 is 2.00 bits per heavy atom. The zero-order chi connectivity index (χ0) is 20.7. The van der Waals surface area contributed by atoms with Crippen molar-refractivity contribution in [3.63, 3.8) is 0 Å². The lowest BCUT2D eigenvalue weighted by atomic mass is 9.87. The Labute approximate surface area is 164 Å². The Balaban J connectivity index is 1.86. The average Bonchev–Trinajstić information content (AvgIpc) is 2.66. The van der Waals surface area contributed by atoms with Gasteiger partial charge in [0.25, 0.3) is 11.8 Å². The first kappa shape index (κ1) is 21.2. The van der Waals surface area contributed by atoms with E-state index in [1.807, 2.05) is 19.1 Å². The van der Waals surface area contributed by atoms with E-state index in [0.29, 0.717) is 23.5 Å². The fourth-order valence-corrected chi connectivity index (χ4v) is 2.42. The normalized spacial score (nSPS) is 10.9. The van der Waals surface area contributed by atoms with Crippen molar-refractivity contribution in [2.45, 2.75) is 33.1 Å². The molecule has 6 heteroatoms. The highest BCUT2D eigenvalue weighted by molar-refractivity contribution is 6.05. The molecular weight excluding hydrogens is 358 g/mol. The first-order chi connectivity index (χ1) is 13.2. The van der Waals surface area contributed by atoms with Gasteiger partial charge in [0.05, 0.1) is 12.2 Å². The summed E-state index contributed by atoms with van der Waals surface area (Å²) in [4.78, 5) is 36.0. The maximum atomic E-state index is 12.1. The van der Waals surface area contributed by atoms with Crippen LogP contribution >= 0.6 is 0 Å². The monoisotopic (exact) mass is 383 g/mol. The lowest BCUT2D eigenvalue weighted by molar-refractivity contribution is -0.123. The largest absolute Gasteiger partial charge is 0.494 e. The molecule has 0 radical (unpaired) electrons. The van der Waals surface area contributed by atoms with E-state index in [1.54, 1.807) is 36.4 Å². The van der Waals surface area contributed by atoms with Crippen LogP contribution in [-0.2, 0) is 14.9 Å². The highest BCUT2D eigenvalue weighted by atomic mass is 16.5. The molecule has 0 bridgehead atoms. The lowest BCUT2D eigenvalue weighted by Gasteiger charge is -2.19. The van der Waals surface area contributed by atoms with Gasteiger partial charge in [0.1, 0.15) is 5.75 Å². The fourth-order valence-electron chi connectivity index (χ4n) is 2.42. The number of benzene rings is 2. The fraction of sp³-hybridized carbons (Fsp3) is 0.318. The molecule has 0 saturated heterocycles. The average molecular weight is 383 g/mol. The van der Waals surface area contributed by atoms with Crippen LogP contribution in [0, 0.1) is 0 Å². The van der Waals surface area contributed by atoms with E-state index in [0.717, 1.165) is 5.56 Å². The van der Waals surface area contributed by atoms with Crippen LogP contribution < -0.4 is 10.1 Å². The van der Waals surface area contributed by atoms with Crippen molar-refractivity contribution in [1.29, 1.82) is 0 Å². The van der Waals surface area contributed by atoms with Gasteiger partial charge >= 0.3 is 5.97 Å². The number of nitrogens with one attached hydrogen (secondary N) is 1. The van der Waals surface area contributed by atoms with E-state index in [9.17, 15) is 14.4 Å². The standard InChI is InChI=1S/C22H25NO5/c1-5-27-18-12-8-16(9-13-18)21(26)28-14-19(24)23-20(25)15-6-10-17(11-7-15)22(2,3)4/h6-13H,5,14H2,1-4H3,(H,23,24,25). The Morgan fingerprint density at radius 2 is 1.46 bits per heavy atom. The van der Waals surface area contributed by atoms with Crippen molar-refractivity contribution in [1.82, 2.24) is 5.32 Å². The Bertz CT molecular complexity index is 833. The zero-order valence-electron chi connectivity index (χ0n) is 16.6.